The van der Waals surface area contributed by atoms with Crippen LogP contribution in [-0.2, 0) is 0 Å². The van der Waals surface area contributed by atoms with Gasteiger partial charge >= 0.3 is 0 Å². The predicted molar refractivity (Wildman–Crippen MR) is 48.4 cm³/mol. The van der Waals surface area contributed by atoms with Gasteiger partial charge in [-0.25, -0.2) is 0 Å². The molecule has 10 heavy (non-hydrogen) atoms. The maximum absolute atomic E-state index is 5.84. The molecule has 1 unspecified atom stereocenters. The minimum Gasteiger partial charge on any atom is -0.327 e. The Hall–Kier alpha value is 0.310. The van der Waals surface area contributed by atoms with Crippen molar-refractivity contribution in [1.29, 1.82) is 0 Å². The lowest BCUT2D eigenvalue weighted by Gasteiger charge is -2.24. The normalized spacial score (nSPS) is 30.9. The number of nitrogens with two attached hydrogens (primary N) is 1. The SMILES string of the molecule is CCC1(CC)CC(N)CS1. The van der Waals surface area contributed by atoms with Crippen molar-refractivity contribution < 1.29 is 0 Å². The molecule has 1 heterocycles. The maximum atomic E-state index is 5.84. The van der Waals surface area contributed by atoms with Crippen molar-refractivity contribution >= 4 is 11.8 Å². The average Bonchev–Trinajstić information content (AvgIpc) is 2.33. The van der Waals surface area contributed by atoms with Gasteiger partial charge in [-0.1, -0.05) is 13.8 Å². The highest BCUT2D eigenvalue weighted by Crippen LogP contribution is 2.42. The second-order valence-electron chi connectivity index (χ2n) is 3.17. The van der Waals surface area contributed by atoms with Crippen LogP contribution in [0.4, 0.5) is 0 Å². The molecular formula is C8H17NS. The Morgan fingerprint density at radius 2 is 2.10 bits per heavy atom. The molecule has 1 saturated heterocycles. The summed E-state index contributed by atoms with van der Waals surface area (Å²) in [7, 11) is 0. The maximum Gasteiger partial charge on any atom is 0.0170 e. The predicted octanol–water partition coefficient (Wildman–Crippen LogP) is 2.01. The van der Waals surface area contributed by atoms with E-state index in [-0.39, 0.29) is 0 Å². The van der Waals surface area contributed by atoms with Gasteiger partial charge in [-0.05, 0) is 19.3 Å². The quantitative estimate of drug-likeness (QED) is 0.667. The van der Waals surface area contributed by atoms with Crippen LogP contribution in [0.2, 0.25) is 0 Å². The Kier molecular flexibility index (Phi) is 2.64. The first-order valence-electron chi connectivity index (χ1n) is 4.12. The molecule has 0 radical (unpaired) electrons. The van der Waals surface area contributed by atoms with E-state index in [0.29, 0.717) is 10.8 Å². The number of hydrogen-bond donors (Lipinski definition) is 1. The van der Waals surface area contributed by atoms with Crippen molar-refractivity contribution in [2.45, 2.75) is 43.9 Å². The van der Waals surface area contributed by atoms with Crippen molar-refractivity contribution in [2.24, 2.45) is 5.73 Å². The zero-order chi connectivity index (χ0) is 7.61. The van der Waals surface area contributed by atoms with Gasteiger partial charge in [0.1, 0.15) is 0 Å². The molecule has 0 amide bonds. The monoisotopic (exact) mass is 159 g/mol. The molecule has 2 N–H and O–H groups in total. The van der Waals surface area contributed by atoms with Crippen LogP contribution in [0.3, 0.4) is 0 Å². The zero-order valence-corrected chi connectivity index (χ0v) is 7.71. The minimum atomic E-state index is 0.463. The second-order valence-corrected chi connectivity index (χ2v) is 4.65. The molecule has 1 nitrogen and oxygen atoms in total. The van der Waals surface area contributed by atoms with Crippen LogP contribution in [0.25, 0.3) is 0 Å². The lowest BCUT2D eigenvalue weighted by Crippen LogP contribution is -2.25. The summed E-state index contributed by atoms with van der Waals surface area (Å²) in [5.74, 6) is 1.17. The fraction of sp³-hybridized carbons (Fsp3) is 1.00. The van der Waals surface area contributed by atoms with E-state index in [9.17, 15) is 0 Å². The highest BCUT2D eigenvalue weighted by Gasteiger charge is 2.34. The molecule has 1 rings (SSSR count). The first-order valence-corrected chi connectivity index (χ1v) is 5.10. The summed E-state index contributed by atoms with van der Waals surface area (Å²) >= 11 is 2.07. The summed E-state index contributed by atoms with van der Waals surface area (Å²) < 4.78 is 0.541. The molecule has 0 aromatic carbocycles. The zero-order valence-electron chi connectivity index (χ0n) is 6.89. The Bertz CT molecular complexity index is 110. The molecule has 0 saturated carbocycles. The topological polar surface area (TPSA) is 26.0 Å². The van der Waals surface area contributed by atoms with Crippen LogP contribution in [0.5, 0.6) is 0 Å². The fourth-order valence-corrected chi connectivity index (χ4v) is 3.05. The molecule has 1 atom stereocenters. The highest BCUT2D eigenvalue weighted by molar-refractivity contribution is 8.01. The van der Waals surface area contributed by atoms with Gasteiger partial charge < -0.3 is 5.73 Å². The van der Waals surface area contributed by atoms with Gasteiger partial charge in [-0.3, -0.25) is 0 Å². The van der Waals surface area contributed by atoms with Crippen molar-refractivity contribution in [2.75, 3.05) is 5.75 Å². The number of hydrogen-bond acceptors (Lipinski definition) is 2. The molecule has 1 aliphatic rings. The molecular weight excluding hydrogens is 142 g/mol. The third-order valence-electron chi connectivity index (χ3n) is 2.53. The summed E-state index contributed by atoms with van der Waals surface area (Å²) in [5, 5.41) is 0. The van der Waals surface area contributed by atoms with Gasteiger partial charge in [0.25, 0.3) is 0 Å². The van der Waals surface area contributed by atoms with E-state index >= 15 is 0 Å². The highest BCUT2D eigenvalue weighted by atomic mass is 32.2. The van der Waals surface area contributed by atoms with Crippen LogP contribution in [0.15, 0.2) is 0 Å². The van der Waals surface area contributed by atoms with Crippen LogP contribution in [0.1, 0.15) is 33.1 Å². The second kappa shape index (κ2) is 3.14. The summed E-state index contributed by atoms with van der Waals surface area (Å²) in [6.45, 7) is 4.54. The summed E-state index contributed by atoms with van der Waals surface area (Å²) in [4.78, 5) is 0. The summed E-state index contributed by atoms with van der Waals surface area (Å²) in [5.41, 5.74) is 5.84. The Morgan fingerprint density at radius 1 is 1.50 bits per heavy atom. The lowest BCUT2D eigenvalue weighted by atomic mass is 9.95. The van der Waals surface area contributed by atoms with Crippen LogP contribution in [0, 0.1) is 0 Å². The fourth-order valence-electron chi connectivity index (χ4n) is 1.62. The molecule has 1 fully saturated rings. The van der Waals surface area contributed by atoms with Gasteiger partial charge in [-0.2, -0.15) is 11.8 Å². The van der Waals surface area contributed by atoms with Crippen LogP contribution >= 0.6 is 11.8 Å². The third-order valence-corrected chi connectivity index (χ3v) is 4.48. The molecule has 2 heteroatoms. The molecule has 0 aliphatic carbocycles. The Morgan fingerprint density at radius 3 is 2.30 bits per heavy atom. The lowest BCUT2D eigenvalue weighted by molar-refractivity contribution is 0.495. The van der Waals surface area contributed by atoms with Crippen molar-refractivity contribution in [3.8, 4) is 0 Å². The van der Waals surface area contributed by atoms with E-state index < -0.39 is 0 Å². The molecule has 0 bridgehead atoms. The Labute approximate surface area is 67.8 Å². The number of rotatable bonds is 2. The Balaban J connectivity index is 2.51. The summed E-state index contributed by atoms with van der Waals surface area (Å²) in [6, 6.07) is 0.463. The van der Waals surface area contributed by atoms with Crippen molar-refractivity contribution in [3.05, 3.63) is 0 Å². The van der Waals surface area contributed by atoms with Crippen LogP contribution in [-0.4, -0.2) is 16.5 Å². The van der Waals surface area contributed by atoms with Gasteiger partial charge in [0.2, 0.25) is 0 Å². The first-order chi connectivity index (χ1) is 4.72. The van der Waals surface area contributed by atoms with Crippen molar-refractivity contribution in [1.82, 2.24) is 0 Å². The minimum absolute atomic E-state index is 0.463. The van der Waals surface area contributed by atoms with E-state index in [1.165, 1.54) is 25.0 Å². The van der Waals surface area contributed by atoms with Gasteiger partial charge in [0.15, 0.2) is 0 Å². The van der Waals surface area contributed by atoms with E-state index in [2.05, 4.69) is 25.6 Å². The standard InChI is InChI=1S/C8H17NS/c1-3-8(4-2)5-7(9)6-10-8/h7H,3-6,9H2,1-2H3. The molecule has 1 aliphatic heterocycles. The molecule has 0 aromatic rings. The third kappa shape index (κ3) is 1.48. The van der Waals surface area contributed by atoms with Gasteiger partial charge in [-0.15, -0.1) is 0 Å². The van der Waals surface area contributed by atoms with Gasteiger partial charge in [0, 0.05) is 16.5 Å². The van der Waals surface area contributed by atoms with E-state index in [0.717, 1.165) is 0 Å². The van der Waals surface area contributed by atoms with Gasteiger partial charge in [0.05, 0.1) is 0 Å². The smallest absolute Gasteiger partial charge is 0.0170 e. The number of thioether (sulfide) groups is 1. The molecule has 0 aromatic heterocycles. The molecule has 60 valence electrons. The van der Waals surface area contributed by atoms with Crippen molar-refractivity contribution in [3.63, 3.8) is 0 Å². The van der Waals surface area contributed by atoms with Crippen LogP contribution < -0.4 is 5.73 Å². The first kappa shape index (κ1) is 8.41. The average molecular weight is 159 g/mol. The van der Waals surface area contributed by atoms with E-state index in [1.54, 1.807) is 0 Å². The van der Waals surface area contributed by atoms with E-state index in [4.69, 9.17) is 5.73 Å². The summed E-state index contributed by atoms with van der Waals surface area (Å²) in [6.07, 6.45) is 3.79. The van der Waals surface area contributed by atoms with E-state index in [1.807, 2.05) is 0 Å². The molecule has 0 spiro atoms. The largest absolute Gasteiger partial charge is 0.327 e.